The van der Waals surface area contributed by atoms with Crippen molar-refractivity contribution in [2.45, 2.75) is 18.7 Å². The number of aromatic nitrogens is 2. The van der Waals surface area contributed by atoms with Crippen molar-refractivity contribution in [2.75, 3.05) is 38.3 Å². The molecule has 1 aromatic carbocycles. The van der Waals surface area contributed by atoms with Gasteiger partial charge in [0, 0.05) is 26.2 Å². The number of anilines is 1. The summed E-state index contributed by atoms with van der Waals surface area (Å²) < 4.78 is 11.2. The van der Waals surface area contributed by atoms with E-state index in [0.717, 1.165) is 38.6 Å². The van der Waals surface area contributed by atoms with E-state index in [2.05, 4.69) is 50.1 Å². The normalized spacial score (nSPS) is 24.0. The maximum atomic E-state index is 6.02. The number of nitrogens with zero attached hydrogens (tertiary/aromatic N) is 4. The predicted molar refractivity (Wildman–Crippen MR) is 91.2 cm³/mol. The van der Waals surface area contributed by atoms with Crippen molar-refractivity contribution in [2.24, 2.45) is 0 Å². The molecule has 0 aliphatic carbocycles. The molecular formula is C18H22N4O2. The number of fused-ring (bicyclic) bond motifs is 1. The fourth-order valence-corrected chi connectivity index (χ4v) is 3.55. The molecule has 0 bridgehead atoms. The highest BCUT2D eigenvalue weighted by Crippen LogP contribution is 2.27. The molecule has 2 fully saturated rings. The van der Waals surface area contributed by atoms with Crippen molar-refractivity contribution in [1.29, 1.82) is 0 Å². The Hall–Kier alpha value is -2.18. The molecule has 126 valence electrons. The zero-order valence-electron chi connectivity index (χ0n) is 13.8. The largest absolute Gasteiger partial charge is 0.480 e. The van der Waals surface area contributed by atoms with Gasteiger partial charge in [0.15, 0.2) is 5.82 Å². The summed E-state index contributed by atoms with van der Waals surface area (Å²) in [6.07, 6.45) is 3.64. The lowest BCUT2D eigenvalue weighted by Gasteiger charge is -2.36. The lowest BCUT2D eigenvalue weighted by molar-refractivity contribution is -0.0499. The van der Waals surface area contributed by atoms with Crippen LogP contribution in [0.3, 0.4) is 0 Å². The number of benzene rings is 1. The van der Waals surface area contributed by atoms with Crippen LogP contribution in [0.1, 0.15) is 5.56 Å². The lowest BCUT2D eigenvalue weighted by Crippen LogP contribution is -2.50. The second-order valence-electron chi connectivity index (χ2n) is 6.26. The Morgan fingerprint density at radius 2 is 2.08 bits per heavy atom. The van der Waals surface area contributed by atoms with E-state index < -0.39 is 0 Å². The highest BCUT2D eigenvalue weighted by Gasteiger charge is 2.40. The number of rotatable bonds is 4. The molecule has 6 heteroatoms. The Labute approximate surface area is 142 Å². The fourth-order valence-electron chi connectivity index (χ4n) is 3.55. The molecule has 2 saturated heterocycles. The van der Waals surface area contributed by atoms with Crippen LogP contribution in [0.4, 0.5) is 5.82 Å². The van der Waals surface area contributed by atoms with Crippen LogP contribution in [-0.2, 0) is 11.3 Å². The molecule has 0 radical (unpaired) electrons. The van der Waals surface area contributed by atoms with Gasteiger partial charge in [-0.15, -0.1) is 0 Å². The minimum absolute atomic E-state index is 0.218. The van der Waals surface area contributed by atoms with Gasteiger partial charge in [-0.25, -0.2) is 0 Å². The van der Waals surface area contributed by atoms with Crippen LogP contribution in [0.5, 0.6) is 5.88 Å². The van der Waals surface area contributed by atoms with E-state index in [4.69, 9.17) is 9.47 Å². The summed E-state index contributed by atoms with van der Waals surface area (Å²) in [7, 11) is 1.61. The van der Waals surface area contributed by atoms with Crippen LogP contribution in [-0.4, -0.2) is 60.4 Å². The molecule has 2 aliphatic heterocycles. The zero-order valence-corrected chi connectivity index (χ0v) is 13.8. The number of morpholine rings is 1. The third kappa shape index (κ3) is 3.07. The molecule has 0 saturated carbocycles. The molecule has 2 aliphatic rings. The van der Waals surface area contributed by atoms with Gasteiger partial charge in [-0.05, 0) is 5.56 Å². The third-order valence-corrected chi connectivity index (χ3v) is 4.78. The van der Waals surface area contributed by atoms with Crippen molar-refractivity contribution < 1.29 is 9.47 Å². The SMILES string of the molecule is COc1cncc(N2C[C@@H]3[C@@H](C2)OCCN3Cc2ccccc2)n1. The molecular weight excluding hydrogens is 304 g/mol. The molecule has 2 aromatic rings. The first kappa shape index (κ1) is 15.4. The van der Waals surface area contributed by atoms with Crippen LogP contribution < -0.4 is 9.64 Å². The minimum Gasteiger partial charge on any atom is -0.480 e. The Morgan fingerprint density at radius 1 is 1.21 bits per heavy atom. The topological polar surface area (TPSA) is 50.7 Å². The summed E-state index contributed by atoms with van der Waals surface area (Å²) in [5, 5.41) is 0. The van der Waals surface area contributed by atoms with E-state index in [1.54, 1.807) is 19.5 Å². The van der Waals surface area contributed by atoms with Gasteiger partial charge in [0.1, 0.15) is 0 Å². The summed E-state index contributed by atoms with van der Waals surface area (Å²) in [6.45, 7) is 4.46. The van der Waals surface area contributed by atoms with Crippen molar-refractivity contribution >= 4 is 5.82 Å². The predicted octanol–water partition coefficient (Wildman–Crippen LogP) is 1.57. The zero-order chi connectivity index (χ0) is 16.4. The van der Waals surface area contributed by atoms with E-state index in [1.165, 1.54) is 5.56 Å². The van der Waals surface area contributed by atoms with E-state index >= 15 is 0 Å². The Bertz CT molecular complexity index is 682. The van der Waals surface area contributed by atoms with Gasteiger partial charge in [0.2, 0.25) is 5.88 Å². The van der Waals surface area contributed by atoms with Gasteiger partial charge in [0.05, 0.1) is 38.3 Å². The highest BCUT2D eigenvalue weighted by atomic mass is 16.5. The summed E-state index contributed by atoms with van der Waals surface area (Å²) in [5.74, 6) is 1.40. The third-order valence-electron chi connectivity index (χ3n) is 4.78. The molecule has 0 amide bonds. The molecule has 24 heavy (non-hydrogen) atoms. The summed E-state index contributed by atoms with van der Waals surface area (Å²) in [5.41, 5.74) is 1.35. The van der Waals surface area contributed by atoms with Gasteiger partial charge in [-0.1, -0.05) is 30.3 Å². The Kier molecular flexibility index (Phi) is 4.32. The molecule has 6 nitrogen and oxygen atoms in total. The van der Waals surface area contributed by atoms with Crippen LogP contribution in [0.15, 0.2) is 42.7 Å². The Balaban J connectivity index is 1.49. The van der Waals surface area contributed by atoms with E-state index in [-0.39, 0.29) is 6.10 Å². The number of methoxy groups -OCH3 is 1. The van der Waals surface area contributed by atoms with E-state index in [9.17, 15) is 0 Å². The smallest absolute Gasteiger partial charge is 0.233 e. The van der Waals surface area contributed by atoms with E-state index in [0.29, 0.717) is 11.9 Å². The second kappa shape index (κ2) is 6.75. The lowest BCUT2D eigenvalue weighted by atomic mass is 10.1. The van der Waals surface area contributed by atoms with Crippen LogP contribution >= 0.6 is 0 Å². The van der Waals surface area contributed by atoms with E-state index in [1.807, 2.05) is 0 Å². The summed E-state index contributed by atoms with van der Waals surface area (Å²) in [6, 6.07) is 11.0. The monoisotopic (exact) mass is 326 g/mol. The quantitative estimate of drug-likeness (QED) is 0.850. The average Bonchev–Trinajstić information content (AvgIpc) is 3.08. The van der Waals surface area contributed by atoms with Gasteiger partial charge >= 0.3 is 0 Å². The van der Waals surface area contributed by atoms with Crippen molar-refractivity contribution in [3.63, 3.8) is 0 Å². The van der Waals surface area contributed by atoms with Crippen molar-refractivity contribution in [1.82, 2.24) is 14.9 Å². The average molecular weight is 326 g/mol. The summed E-state index contributed by atoms with van der Waals surface area (Å²) >= 11 is 0. The van der Waals surface area contributed by atoms with Gasteiger partial charge < -0.3 is 14.4 Å². The van der Waals surface area contributed by atoms with Gasteiger partial charge in [0.25, 0.3) is 0 Å². The number of hydrogen-bond donors (Lipinski definition) is 0. The first-order valence-corrected chi connectivity index (χ1v) is 8.34. The maximum absolute atomic E-state index is 6.02. The molecule has 0 spiro atoms. The standard InChI is InChI=1S/C18H22N4O2/c1-23-18-10-19-9-17(20-18)22-12-15-16(13-22)24-8-7-21(15)11-14-5-3-2-4-6-14/h2-6,9-10,15-16H,7-8,11-13H2,1H3/t15-,16-/m1/s1. The Morgan fingerprint density at radius 3 is 2.92 bits per heavy atom. The van der Waals surface area contributed by atoms with Crippen molar-refractivity contribution in [3.05, 3.63) is 48.3 Å². The van der Waals surface area contributed by atoms with Crippen LogP contribution in [0, 0.1) is 0 Å². The minimum atomic E-state index is 0.218. The first-order chi connectivity index (χ1) is 11.8. The maximum Gasteiger partial charge on any atom is 0.233 e. The molecule has 3 heterocycles. The molecule has 4 rings (SSSR count). The first-order valence-electron chi connectivity index (χ1n) is 8.34. The molecule has 1 aromatic heterocycles. The fraction of sp³-hybridized carbons (Fsp3) is 0.444. The molecule has 0 N–H and O–H groups in total. The van der Waals surface area contributed by atoms with Crippen LogP contribution in [0.25, 0.3) is 0 Å². The van der Waals surface area contributed by atoms with Crippen LogP contribution in [0.2, 0.25) is 0 Å². The second-order valence-corrected chi connectivity index (χ2v) is 6.26. The molecule has 0 unspecified atom stereocenters. The highest BCUT2D eigenvalue weighted by molar-refractivity contribution is 5.40. The van der Waals surface area contributed by atoms with Gasteiger partial charge in [-0.2, -0.15) is 4.98 Å². The van der Waals surface area contributed by atoms with Crippen molar-refractivity contribution in [3.8, 4) is 5.88 Å². The number of hydrogen-bond acceptors (Lipinski definition) is 6. The molecule has 2 atom stereocenters. The number of ether oxygens (including phenoxy) is 2. The summed E-state index contributed by atoms with van der Waals surface area (Å²) in [4.78, 5) is 13.5. The van der Waals surface area contributed by atoms with Gasteiger partial charge in [-0.3, -0.25) is 9.88 Å².